The van der Waals surface area contributed by atoms with Gasteiger partial charge in [0, 0.05) is 17.2 Å². The molecule has 1 heterocycles. The topological polar surface area (TPSA) is 64.6 Å². The van der Waals surface area contributed by atoms with Crippen molar-refractivity contribution in [3.05, 3.63) is 76.6 Å². The van der Waals surface area contributed by atoms with E-state index in [0.717, 1.165) is 18.2 Å². The maximum Gasteiger partial charge on any atom is 0.338 e. The third-order valence-corrected chi connectivity index (χ3v) is 5.82. The van der Waals surface area contributed by atoms with Gasteiger partial charge < -0.3 is 9.47 Å². The molecular weight excluding hydrogens is 455 g/mol. The van der Waals surface area contributed by atoms with Gasteiger partial charge in [-0.2, -0.15) is 0 Å². The van der Waals surface area contributed by atoms with Crippen molar-refractivity contribution in [2.75, 3.05) is 17.9 Å². The Balaban J connectivity index is 1.87. The number of rotatable bonds is 0. The number of ether oxygens (including phenoxy) is 2. The summed E-state index contributed by atoms with van der Waals surface area (Å²) in [5, 5.41) is -0.465. The fraction of sp³-hybridized carbons (Fsp3) is 0.0952. The summed E-state index contributed by atoms with van der Waals surface area (Å²) in [5.74, 6) is -3.55. The van der Waals surface area contributed by atoms with Gasteiger partial charge in [0.05, 0.1) is 21.2 Å². The maximum atomic E-state index is 14.6. The average Bonchev–Trinajstić information content (AvgIpc) is 2.74. The SMILES string of the molecule is O=C1OCCOc2ccccc2-c2cc(c(F)cc2F)NS(=O)c2cc1cc(Cl)c2F. The molecule has 160 valence electrons. The molecule has 0 aromatic heterocycles. The molecule has 5 nitrogen and oxygen atoms in total. The van der Waals surface area contributed by atoms with Crippen molar-refractivity contribution < 1.29 is 31.6 Å². The van der Waals surface area contributed by atoms with Crippen LogP contribution in [0.1, 0.15) is 10.4 Å². The molecule has 1 atom stereocenters. The monoisotopic (exact) mass is 467 g/mol. The highest BCUT2D eigenvalue weighted by Crippen LogP contribution is 2.35. The van der Waals surface area contributed by atoms with Crippen molar-refractivity contribution in [1.82, 2.24) is 0 Å². The third-order valence-electron chi connectivity index (χ3n) is 4.44. The van der Waals surface area contributed by atoms with E-state index in [4.69, 9.17) is 21.1 Å². The molecule has 4 bridgehead atoms. The van der Waals surface area contributed by atoms with Crippen LogP contribution in [0.15, 0.2) is 53.4 Å². The number of carbonyl (C=O) groups excluding carboxylic acids is 1. The van der Waals surface area contributed by atoms with Gasteiger partial charge >= 0.3 is 5.97 Å². The van der Waals surface area contributed by atoms with Gasteiger partial charge in [-0.05, 0) is 24.3 Å². The summed E-state index contributed by atoms with van der Waals surface area (Å²) in [6.45, 7) is -0.236. The normalized spacial score (nSPS) is 16.1. The number of fused-ring (bicyclic) bond motifs is 6. The minimum absolute atomic E-state index is 0.0318. The second-order valence-corrected chi connectivity index (χ2v) is 8.02. The van der Waals surface area contributed by atoms with Crippen LogP contribution >= 0.6 is 11.6 Å². The van der Waals surface area contributed by atoms with E-state index in [0.29, 0.717) is 11.6 Å². The predicted octanol–water partition coefficient (Wildman–Crippen LogP) is 5.11. The molecule has 31 heavy (non-hydrogen) atoms. The summed E-state index contributed by atoms with van der Waals surface area (Å²) in [4.78, 5) is 11.8. The van der Waals surface area contributed by atoms with Crippen LogP contribution in [0.4, 0.5) is 18.9 Å². The van der Waals surface area contributed by atoms with Crippen LogP contribution in [-0.4, -0.2) is 23.4 Å². The van der Waals surface area contributed by atoms with Crippen LogP contribution < -0.4 is 9.46 Å². The number of benzene rings is 3. The number of carbonyl (C=O) groups is 1. The lowest BCUT2D eigenvalue weighted by Crippen LogP contribution is -2.14. The Morgan fingerprint density at radius 3 is 2.48 bits per heavy atom. The van der Waals surface area contributed by atoms with E-state index >= 15 is 0 Å². The fourth-order valence-electron chi connectivity index (χ4n) is 2.99. The first kappa shape index (κ1) is 21.2. The van der Waals surface area contributed by atoms with Gasteiger partial charge in [-0.15, -0.1) is 0 Å². The van der Waals surface area contributed by atoms with Crippen LogP contribution in [0.5, 0.6) is 5.75 Å². The highest BCUT2D eigenvalue weighted by molar-refractivity contribution is 7.86. The van der Waals surface area contributed by atoms with Crippen LogP contribution in [0.3, 0.4) is 0 Å². The molecule has 10 heteroatoms. The Hall–Kier alpha value is -3.04. The Labute approximate surface area is 182 Å². The van der Waals surface area contributed by atoms with Crippen molar-refractivity contribution in [2.45, 2.75) is 4.90 Å². The van der Waals surface area contributed by atoms with Gasteiger partial charge in [-0.25, -0.2) is 22.2 Å². The Bertz CT molecular complexity index is 1220. The summed E-state index contributed by atoms with van der Waals surface area (Å²) < 4.78 is 69.2. The quantitative estimate of drug-likeness (QED) is 0.467. The molecule has 0 radical (unpaired) electrons. The van der Waals surface area contributed by atoms with Crippen LogP contribution in [0.25, 0.3) is 11.1 Å². The van der Waals surface area contributed by atoms with E-state index in [9.17, 15) is 22.2 Å². The van der Waals surface area contributed by atoms with Gasteiger partial charge in [0.1, 0.15) is 30.6 Å². The molecule has 0 fully saturated rings. The first-order valence-corrected chi connectivity index (χ1v) is 10.4. The molecule has 1 aliphatic heterocycles. The molecular formula is C21H13ClF3NO4S. The zero-order valence-corrected chi connectivity index (χ0v) is 17.2. The van der Waals surface area contributed by atoms with E-state index in [-0.39, 0.29) is 35.8 Å². The number of nitrogens with one attached hydrogen (secondary N) is 1. The molecule has 0 spiro atoms. The fourth-order valence-corrected chi connectivity index (χ4v) is 4.24. The highest BCUT2D eigenvalue weighted by Gasteiger charge is 2.22. The average molecular weight is 468 g/mol. The summed E-state index contributed by atoms with van der Waals surface area (Å²) in [7, 11) is -2.37. The maximum absolute atomic E-state index is 14.6. The lowest BCUT2D eigenvalue weighted by atomic mass is 10.0. The van der Waals surface area contributed by atoms with Gasteiger partial charge in [-0.1, -0.05) is 29.8 Å². The smallest absolute Gasteiger partial charge is 0.338 e. The zero-order chi connectivity index (χ0) is 22.1. The van der Waals surface area contributed by atoms with Gasteiger partial charge in [0.2, 0.25) is 0 Å². The zero-order valence-electron chi connectivity index (χ0n) is 15.6. The standard InChI is InChI=1S/C21H13ClF3NO4S/c22-14-7-11-8-19(20(14)25)31(28)26-17-9-13(15(23)10-16(17)24)12-3-1-2-4-18(12)29-5-6-30-21(11)27/h1-4,7-10,26H,5-6H2. The summed E-state index contributed by atoms with van der Waals surface area (Å²) in [6, 6.07) is 10.2. The highest BCUT2D eigenvalue weighted by atomic mass is 35.5. The molecule has 1 unspecified atom stereocenters. The van der Waals surface area contributed by atoms with Crippen molar-refractivity contribution >= 4 is 34.2 Å². The Morgan fingerprint density at radius 1 is 0.935 bits per heavy atom. The molecule has 1 aliphatic rings. The van der Waals surface area contributed by atoms with Crippen molar-refractivity contribution in [3.8, 4) is 16.9 Å². The minimum atomic E-state index is -2.37. The van der Waals surface area contributed by atoms with Crippen LogP contribution in [0.2, 0.25) is 5.02 Å². The summed E-state index contributed by atoms with van der Waals surface area (Å²) in [5.41, 5.74) is -0.226. The molecule has 0 amide bonds. The largest absolute Gasteiger partial charge is 0.489 e. The van der Waals surface area contributed by atoms with E-state index in [2.05, 4.69) is 4.72 Å². The number of hydrogen-bond acceptors (Lipinski definition) is 4. The van der Waals surface area contributed by atoms with E-state index in [1.165, 1.54) is 0 Å². The number of cyclic esters (lactones) is 1. The predicted molar refractivity (Wildman–Crippen MR) is 109 cm³/mol. The van der Waals surface area contributed by atoms with Crippen LogP contribution in [-0.2, 0) is 15.7 Å². The van der Waals surface area contributed by atoms with Crippen molar-refractivity contribution in [3.63, 3.8) is 0 Å². The Kier molecular flexibility index (Phi) is 5.88. The lowest BCUT2D eigenvalue weighted by Gasteiger charge is -2.14. The first-order chi connectivity index (χ1) is 14.8. The van der Waals surface area contributed by atoms with Gasteiger partial charge in [0.15, 0.2) is 16.8 Å². The van der Waals surface area contributed by atoms with Gasteiger partial charge in [0.25, 0.3) is 0 Å². The van der Waals surface area contributed by atoms with Crippen molar-refractivity contribution in [1.29, 1.82) is 0 Å². The van der Waals surface area contributed by atoms with Gasteiger partial charge in [-0.3, -0.25) is 4.72 Å². The number of para-hydroxylation sites is 1. The summed E-state index contributed by atoms with van der Waals surface area (Å²) in [6.07, 6.45) is 0. The third kappa shape index (κ3) is 4.24. The number of halogens is 4. The van der Waals surface area contributed by atoms with E-state index in [1.807, 2.05) is 0 Å². The summed E-state index contributed by atoms with van der Waals surface area (Å²) >= 11 is 5.83. The van der Waals surface area contributed by atoms with Crippen LogP contribution in [0, 0.1) is 17.5 Å². The second kappa shape index (κ2) is 8.60. The Morgan fingerprint density at radius 2 is 1.68 bits per heavy atom. The minimum Gasteiger partial charge on any atom is -0.489 e. The molecule has 4 rings (SSSR count). The molecule has 3 aromatic carbocycles. The number of anilines is 1. The molecule has 0 saturated carbocycles. The lowest BCUT2D eigenvalue weighted by molar-refractivity contribution is 0.0450. The molecule has 0 aliphatic carbocycles. The second-order valence-electron chi connectivity index (χ2n) is 6.43. The first-order valence-electron chi connectivity index (χ1n) is 8.91. The molecule has 3 aromatic rings. The number of esters is 1. The van der Waals surface area contributed by atoms with E-state index < -0.39 is 44.3 Å². The van der Waals surface area contributed by atoms with Crippen molar-refractivity contribution in [2.24, 2.45) is 0 Å². The molecule has 1 N–H and O–H groups in total. The number of hydrogen-bond donors (Lipinski definition) is 1. The van der Waals surface area contributed by atoms with E-state index in [1.54, 1.807) is 24.3 Å². The molecule has 0 saturated heterocycles.